The third kappa shape index (κ3) is 3.72. The van der Waals surface area contributed by atoms with E-state index in [9.17, 15) is 4.79 Å². The number of nitrogens with one attached hydrogen (secondary N) is 1. The minimum atomic E-state index is -0.215. The Morgan fingerprint density at radius 2 is 2.22 bits per heavy atom. The van der Waals surface area contributed by atoms with Gasteiger partial charge >= 0.3 is 0 Å². The first-order valence-corrected chi connectivity index (χ1v) is 8.24. The summed E-state index contributed by atoms with van der Waals surface area (Å²) in [5.74, 6) is 1.59. The maximum absolute atomic E-state index is 12.2. The van der Waals surface area contributed by atoms with Gasteiger partial charge in [0.2, 0.25) is 11.8 Å². The monoisotopic (exact) mass is 337 g/mol. The summed E-state index contributed by atoms with van der Waals surface area (Å²) >= 11 is 6.01. The van der Waals surface area contributed by atoms with E-state index in [-0.39, 0.29) is 17.6 Å². The molecule has 1 amide bonds. The molecule has 0 aliphatic heterocycles. The Morgan fingerprint density at radius 3 is 2.87 bits per heavy atom. The number of hydrogen-bond donors (Lipinski definition) is 1. The summed E-state index contributed by atoms with van der Waals surface area (Å²) in [5, 5.41) is 15.5. The zero-order chi connectivity index (χ0) is 16.4. The van der Waals surface area contributed by atoms with Crippen molar-refractivity contribution < 1.29 is 9.21 Å². The summed E-state index contributed by atoms with van der Waals surface area (Å²) in [4.78, 5) is 12.2. The van der Waals surface area contributed by atoms with Gasteiger partial charge in [0, 0.05) is 32.1 Å². The smallest absolute Gasteiger partial charge is 0.273 e. The fourth-order valence-electron chi connectivity index (χ4n) is 3.02. The number of aromatic nitrogens is 4. The standard InChI is InChI=1S/C15H20ClN5O2/c1-3-12-18-19-13(23-12)7-9-4-5-10(6-9)17-15(22)14-11(16)8-21(2)20-14/h8-10H,3-7H2,1-2H3,(H,17,22)/t9-,10+/m1/s1. The van der Waals surface area contributed by atoms with E-state index in [2.05, 4.69) is 20.6 Å². The number of rotatable bonds is 5. The van der Waals surface area contributed by atoms with E-state index in [1.54, 1.807) is 13.2 Å². The lowest BCUT2D eigenvalue weighted by molar-refractivity contribution is 0.0931. The fraction of sp³-hybridized carbons (Fsp3) is 0.600. The molecule has 1 aliphatic rings. The van der Waals surface area contributed by atoms with E-state index in [0.717, 1.165) is 32.1 Å². The van der Waals surface area contributed by atoms with E-state index in [4.69, 9.17) is 16.0 Å². The molecule has 0 radical (unpaired) electrons. The molecular formula is C15H20ClN5O2. The van der Waals surface area contributed by atoms with E-state index in [0.29, 0.717) is 22.7 Å². The quantitative estimate of drug-likeness (QED) is 0.903. The molecule has 2 heterocycles. The molecule has 2 atom stereocenters. The minimum Gasteiger partial charge on any atom is -0.425 e. The molecule has 0 spiro atoms. The van der Waals surface area contributed by atoms with Crippen molar-refractivity contribution in [3.05, 3.63) is 28.7 Å². The first-order valence-electron chi connectivity index (χ1n) is 7.86. The Kier molecular flexibility index (Phi) is 4.66. The third-order valence-corrected chi connectivity index (χ3v) is 4.43. The van der Waals surface area contributed by atoms with Crippen molar-refractivity contribution in [3.8, 4) is 0 Å². The van der Waals surface area contributed by atoms with Crippen LogP contribution in [0.2, 0.25) is 5.02 Å². The Labute approximate surface area is 139 Å². The molecular weight excluding hydrogens is 318 g/mol. The second-order valence-electron chi connectivity index (χ2n) is 6.00. The van der Waals surface area contributed by atoms with Crippen LogP contribution >= 0.6 is 11.6 Å². The Balaban J connectivity index is 1.53. The molecule has 0 saturated heterocycles. The molecule has 3 rings (SSSR count). The highest BCUT2D eigenvalue weighted by Crippen LogP contribution is 2.29. The topological polar surface area (TPSA) is 85.8 Å². The second kappa shape index (κ2) is 6.70. The van der Waals surface area contributed by atoms with Crippen LogP contribution < -0.4 is 5.32 Å². The molecule has 1 N–H and O–H groups in total. The van der Waals surface area contributed by atoms with Crippen molar-refractivity contribution in [1.82, 2.24) is 25.3 Å². The first-order chi connectivity index (χ1) is 11.0. The van der Waals surface area contributed by atoms with Crippen LogP contribution in [0, 0.1) is 5.92 Å². The highest BCUT2D eigenvalue weighted by Gasteiger charge is 2.28. The summed E-state index contributed by atoms with van der Waals surface area (Å²) in [5.41, 5.74) is 0.280. The lowest BCUT2D eigenvalue weighted by Crippen LogP contribution is -2.33. The van der Waals surface area contributed by atoms with Crippen molar-refractivity contribution in [1.29, 1.82) is 0 Å². The van der Waals surface area contributed by atoms with Crippen molar-refractivity contribution in [2.24, 2.45) is 13.0 Å². The van der Waals surface area contributed by atoms with E-state index in [1.807, 2.05) is 6.92 Å². The largest absolute Gasteiger partial charge is 0.425 e. The first kappa shape index (κ1) is 16.0. The number of carbonyl (C=O) groups is 1. The normalized spacial score (nSPS) is 20.8. The molecule has 124 valence electrons. The molecule has 1 fully saturated rings. The van der Waals surface area contributed by atoms with Crippen LogP contribution in [0.1, 0.15) is 48.5 Å². The number of amides is 1. The molecule has 0 bridgehead atoms. The van der Waals surface area contributed by atoms with Crippen LogP contribution in [0.4, 0.5) is 0 Å². The Morgan fingerprint density at radius 1 is 1.43 bits per heavy atom. The summed E-state index contributed by atoms with van der Waals surface area (Å²) in [7, 11) is 1.74. The summed E-state index contributed by atoms with van der Waals surface area (Å²) in [6.07, 6.45) is 6.01. The van der Waals surface area contributed by atoms with Gasteiger partial charge in [-0.05, 0) is 25.2 Å². The number of nitrogens with zero attached hydrogens (tertiary/aromatic N) is 4. The molecule has 0 unspecified atom stereocenters. The lowest BCUT2D eigenvalue weighted by Gasteiger charge is -2.12. The number of carbonyl (C=O) groups excluding carboxylic acids is 1. The molecule has 1 saturated carbocycles. The van der Waals surface area contributed by atoms with Crippen molar-refractivity contribution >= 4 is 17.5 Å². The SMILES string of the molecule is CCc1nnc(C[C@@H]2CC[C@H](NC(=O)c3nn(C)cc3Cl)C2)o1. The van der Waals surface area contributed by atoms with E-state index in [1.165, 1.54) is 4.68 Å². The van der Waals surface area contributed by atoms with E-state index < -0.39 is 0 Å². The van der Waals surface area contributed by atoms with Gasteiger partial charge in [-0.15, -0.1) is 10.2 Å². The van der Waals surface area contributed by atoms with Crippen LogP contribution in [-0.2, 0) is 19.9 Å². The molecule has 2 aromatic rings. The van der Waals surface area contributed by atoms with Crippen LogP contribution in [0.5, 0.6) is 0 Å². The minimum absolute atomic E-state index is 0.138. The second-order valence-corrected chi connectivity index (χ2v) is 6.40. The van der Waals surface area contributed by atoms with Crippen molar-refractivity contribution in [2.45, 2.75) is 45.1 Å². The van der Waals surface area contributed by atoms with Gasteiger partial charge in [-0.1, -0.05) is 18.5 Å². The van der Waals surface area contributed by atoms with Gasteiger partial charge in [0.1, 0.15) is 0 Å². The van der Waals surface area contributed by atoms with Crippen LogP contribution in [0.25, 0.3) is 0 Å². The number of halogens is 1. The average Bonchev–Trinajstić information content (AvgIpc) is 3.21. The molecule has 8 heteroatoms. The van der Waals surface area contributed by atoms with Gasteiger partial charge in [-0.25, -0.2) is 0 Å². The van der Waals surface area contributed by atoms with Crippen molar-refractivity contribution in [2.75, 3.05) is 0 Å². The summed E-state index contributed by atoms with van der Waals surface area (Å²) in [6.45, 7) is 1.99. The molecule has 0 aromatic carbocycles. The highest BCUT2D eigenvalue weighted by atomic mass is 35.5. The van der Waals surface area contributed by atoms with Crippen LogP contribution in [-0.4, -0.2) is 31.9 Å². The zero-order valence-corrected chi connectivity index (χ0v) is 14.0. The molecule has 1 aliphatic carbocycles. The Bertz CT molecular complexity index is 696. The van der Waals surface area contributed by atoms with Crippen molar-refractivity contribution in [3.63, 3.8) is 0 Å². The Hall–Kier alpha value is -1.89. The van der Waals surface area contributed by atoms with Gasteiger partial charge in [0.05, 0.1) is 5.02 Å². The summed E-state index contributed by atoms with van der Waals surface area (Å²) in [6, 6.07) is 0.138. The van der Waals surface area contributed by atoms with Gasteiger partial charge in [0.25, 0.3) is 5.91 Å². The van der Waals surface area contributed by atoms with Crippen LogP contribution in [0.15, 0.2) is 10.6 Å². The predicted octanol–water partition coefficient (Wildman–Crippen LogP) is 2.16. The highest BCUT2D eigenvalue weighted by molar-refractivity contribution is 6.33. The summed E-state index contributed by atoms with van der Waals surface area (Å²) < 4.78 is 7.10. The number of hydrogen-bond acceptors (Lipinski definition) is 5. The molecule has 2 aromatic heterocycles. The maximum Gasteiger partial charge on any atom is 0.273 e. The van der Waals surface area contributed by atoms with Gasteiger partial charge in [0.15, 0.2) is 5.69 Å². The molecule has 7 nitrogen and oxygen atoms in total. The number of aryl methyl sites for hydroxylation is 2. The fourth-order valence-corrected chi connectivity index (χ4v) is 3.28. The maximum atomic E-state index is 12.2. The molecule has 23 heavy (non-hydrogen) atoms. The van der Waals surface area contributed by atoms with E-state index >= 15 is 0 Å². The predicted molar refractivity (Wildman–Crippen MR) is 84.2 cm³/mol. The zero-order valence-electron chi connectivity index (χ0n) is 13.3. The lowest BCUT2D eigenvalue weighted by atomic mass is 10.0. The average molecular weight is 338 g/mol. The van der Waals surface area contributed by atoms with Gasteiger partial charge in [-0.3, -0.25) is 9.48 Å². The van der Waals surface area contributed by atoms with Gasteiger partial charge < -0.3 is 9.73 Å². The van der Waals surface area contributed by atoms with Crippen LogP contribution in [0.3, 0.4) is 0 Å². The van der Waals surface area contributed by atoms with Gasteiger partial charge in [-0.2, -0.15) is 5.10 Å². The third-order valence-electron chi connectivity index (χ3n) is 4.15.